The minimum absolute atomic E-state index is 0.527. The van der Waals surface area contributed by atoms with E-state index >= 15 is 0 Å². The van der Waals surface area contributed by atoms with Crippen LogP contribution in [0.3, 0.4) is 0 Å². The molecule has 1 atom stereocenters. The lowest BCUT2D eigenvalue weighted by Crippen LogP contribution is -2.28. The van der Waals surface area contributed by atoms with Gasteiger partial charge in [0, 0.05) is 17.9 Å². The van der Waals surface area contributed by atoms with Crippen LogP contribution in [0.15, 0.2) is 48.5 Å². The van der Waals surface area contributed by atoms with Crippen molar-refractivity contribution in [3.05, 3.63) is 59.7 Å². The fraction of sp³-hybridized carbons (Fsp3) is 0.333. The maximum absolute atomic E-state index is 5.83. The quantitative estimate of drug-likeness (QED) is 0.855. The maximum Gasteiger partial charge on any atom is 0.0570 e. The van der Waals surface area contributed by atoms with Crippen molar-refractivity contribution in [3.63, 3.8) is 0 Å². The van der Waals surface area contributed by atoms with E-state index in [4.69, 9.17) is 5.73 Å². The highest BCUT2D eigenvalue weighted by atomic mass is 15.2. The lowest BCUT2D eigenvalue weighted by atomic mass is 10.00. The van der Waals surface area contributed by atoms with E-state index in [1.807, 2.05) is 12.1 Å². The van der Waals surface area contributed by atoms with Gasteiger partial charge >= 0.3 is 0 Å². The van der Waals surface area contributed by atoms with Crippen molar-refractivity contribution >= 4 is 11.4 Å². The van der Waals surface area contributed by atoms with Crippen LogP contribution >= 0.6 is 0 Å². The van der Waals surface area contributed by atoms with E-state index in [1.54, 1.807) is 0 Å². The molecule has 1 fully saturated rings. The lowest BCUT2D eigenvalue weighted by molar-refractivity contribution is 0.571. The molecule has 20 heavy (non-hydrogen) atoms. The number of nitrogens with zero attached hydrogens (tertiary/aromatic N) is 1. The summed E-state index contributed by atoms with van der Waals surface area (Å²) in [5.41, 5.74) is 11.0. The van der Waals surface area contributed by atoms with E-state index in [2.05, 4.69) is 41.3 Å². The van der Waals surface area contributed by atoms with Gasteiger partial charge in [-0.05, 0) is 54.5 Å². The van der Waals surface area contributed by atoms with Gasteiger partial charge in [-0.1, -0.05) is 30.3 Å². The summed E-state index contributed by atoms with van der Waals surface area (Å²) < 4.78 is 0. The number of rotatable bonds is 3. The first kappa shape index (κ1) is 11.8. The molecular weight excluding hydrogens is 244 g/mol. The summed E-state index contributed by atoms with van der Waals surface area (Å²) in [5, 5.41) is 0. The molecule has 2 aliphatic rings. The molecule has 2 aromatic carbocycles. The number of hydrogen-bond acceptors (Lipinski definition) is 2. The number of nitrogens with two attached hydrogens (primary N) is 1. The molecule has 0 saturated heterocycles. The van der Waals surface area contributed by atoms with Gasteiger partial charge in [-0.15, -0.1) is 0 Å². The topological polar surface area (TPSA) is 29.3 Å². The second kappa shape index (κ2) is 4.55. The molecule has 4 rings (SSSR count). The Labute approximate surface area is 120 Å². The van der Waals surface area contributed by atoms with Crippen LogP contribution < -0.4 is 10.6 Å². The maximum atomic E-state index is 5.83. The van der Waals surface area contributed by atoms with E-state index in [-0.39, 0.29) is 0 Å². The normalized spacial score (nSPS) is 18.9. The van der Waals surface area contributed by atoms with Gasteiger partial charge in [0.25, 0.3) is 0 Å². The fourth-order valence-electron chi connectivity index (χ4n) is 3.46. The molecule has 1 heterocycles. The highest BCUT2D eigenvalue weighted by molar-refractivity contribution is 5.60. The Bertz CT molecular complexity index is 614. The molecule has 0 aromatic heterocycles. The smallest absolute Gasteiger partial charge is 0.0570 e. The molecule has 0 bridgehead atoms. The van der Waals surface area contributed by atoms with Crippen molar-refractivity contribution in [2.24, 2.45) is 5.92 Å². The van der Waals surface area contributed by atoms with Crippen LogP contribution in [0.4, 0.5) is 11.4 Å². The molecule has 2 N–H and O–H groups in total. The first-order chi connectivity index (χ1) is 9.83. The van der Waals surface area contributed by atoms with Crippen molar-refractivity contribution < 1.29 is 0 Å². The summed E-state index contributed by atoms with van der Waals surface area (Å²) in [6.45, 7) is 1.14. The number of para-hydroxylation sites is 1. The first-order valence-corrected chi connectivity index (χ1v) is 7.53. The van der Waals surface area contributed by atoms with Gasteiger partial charge < -0.3 is 10.6 Å². The molecule has 1 aliphatic heterocycles. The predicted octanol–water partition coefficient (Wildman–Crippen LogP) is 3.78. The summed E-state index contributed by atoms with van der Waals surface area (Å²) in [4.78, 5) is 2.61. The molecule has 0 radical (unpaired) electrons. The molecule has 1 unspecified atom stereocenters. The molecule has 102 valence electrons. The van der Waals surface area contributed by atoms with Gasteiger partial charge in [0.1, 0.15) is 0 Å². The molecule has 2 heteroatoms. The minimum Gasteiger partial charge on any atom is -0.399 e. The Morgan fingerprint density at radius 3 is 2.50 bits per heavy atom. The van der Waals surface area contributed by atoms with Gasteiger partial charge in [-0.3, -0.25) is 0 Å². The third-order valence-electron chi connectivity index (χ3n) is 4.61. The number of fused-ring (bicyclic) bond motifs is 1. The van der Waals surface area contributed by atoms with Crippen molar-refractivity contribution in [1.29, 1.82) is 0 Å². The Hall–Kier alpha value is -1.96. The zero-order valence-electron chi connectivity index (χ0n) is 11.6. The highest BCUT2D eigenvalue weighted by Crippen LogP contribution is 2.48. The van der Waals surface area contributed by atoms with Crippen LogP contribution in [0, 0.1) is 5.92 Å². The van der Waals surface area contributed by atoms with E-state index in [1.165, 1.54) is 36.1 Å². The third kappa shape index (κ3) is 1.96. The number of nitrogen functional groups attached to an aromatic ring is 1. The molecule has 1 aliphatic carbocycles. The second-order valence-electron chi connectivity index (χ2n) is 6.02. The van der Waals surface area contributed by atoms with Crippen LogP contribution in [0.5, 0.6) is 0 Å². The Morgan fingerprint density at radius 1 is 1.00 bits per heavy atom. The summed E-state index contributed by atoms with van der Waals surface area (Å²) in [6.07, 6.45) is 3.88. The van der Waals surface area contributed by atoms with Gasteiger partial charge in [-0.25, -0.2) is 0 Å². The van der Waals surface area contributed by atoms with Crippen LogP contribution in [0.2, 0.25) is 0 Å². The predicted molar refractivity (Wildman–Crippen MR) is 83.8 cm³/mol. The zero-order valence-corrected chi connectivity index (χ0v) is 11.6. The molecule has 0 spiro atoms. The fourth-order valence-corrected chi connectivity index (χ4v) is 3.46. The van der Waals surface area contributed by atoms with E-state index < -0.39 is 0 Å². The van der Waals surface area contributed by atoms with Crippen molar-refractivity contribution in [1.82, 2.24) is 0 Å². The molecule has 1 saturated carbocycles. The zero-order chi connectivity index (χ0) is 13.5. The largest absolute Gasteiger partial charge is 0.399 e. The standard InChI is InChI=1S/C18H20N2/c19-16-9-7-15(8-10-16)18(14-5-6-14)20-12-11-13-3-1-2-4-17(13)20/h1-4,7-10,14,18H,5-6,11-12,19H2. The number of anilines is 2. The average molecular weight is 264 g/mol. The van der Waals surface area contributed by atoms with Gasteiger partial charge in [-0.2, -0.15) is 0 Å². The lowest BCUT2D eigenvalue weighted by Gasteiger charge is -2.31. The summed E-state index contributed by atoms with van der Waals surface area (Å²) in [7, 11) is 0. The van der Waals surface area contributed by atoms with Crippen LogP contribution in [-0.4, -0.2) is 6.54 Å². The Kier molecular flexibility index (Phi) is 2.69. The SMILES string of the molecule is Nc1ccc(C(C2CC2)N2CCc3ccccc32)cc1. The molecular formula is C18H20N2. The summed E-state index contributed by atoms with van der Waals surface area (Å²) in [6, 6.07) is 17.9. The van der Waals surface area contributed by atoms with E-state index in [9.17, 15) is 0 Å². The average Bonchev–Trinajstić information content (AvgIpc) is 3.22. The number of hydrogen-bond donors (Lipinski definition) is 1. The van der Waals surface area contributed by atoms with Crippen LogP contribution in [0.25, 0.3) is 0 Å². The monoisotopic (exact) mass is 264 g/mol. The Balaban J connectivity index is 1.72. The Morgan fingerprint density at radius 2 is 1.75 bits per heavy atom. The van der Waals surface area contributed by atoms with Gasteiger partial charge in [0.15, 0.2) is 0 Å². The summed E-state index contributed by atoms with van der Waals surface area (Å²) in [5.74, 6) is 0.810. The highest BCUT2D eigenvalue weighted by Gasteiger charge is 2.38. The molecule has 2 nitrogen and oxygen atoms in total. The molecule has 0 amide bonds. The van der Waals surface area contributed by atoms with E-state index in [0.29, 0.717) is 6.04 Å². The number of benzene rings is 2. The van der Waals surface area contributed by atoms with Crippen molar-refractivity contribution in [3.8, 4) is 0 Å². The van der Waals surface area contributed by atoms with Crippen molar-refractivity contribution in [2.75, 3.05) is 17.2 Å². The first-order valence-electron chi connectivity index (χ1n) is 7.53. The van der Waals surface area contributed by atoms with Crippen molar-refractivity contribution in [2.45, 2.75) is 25.3 Å². The second-order valence-corrected chi connectivity index (χ2v) is 6.02. The van der Waals surface area contributed by atoms with Crippen LogP contribution in [0.1, 0.15) is 30.0 Å². The van der Waals surface area contributed by atoms with Gasteiger partial charge in [0.2, 0.25) is 0 Å². The third-order valence-corrected chi connectivity index (χ3v) is 4.61. The van der Waals surface area contributed by atoms with Gasteiger partial charge in [0.05, 0.1) is 6.04 Å². The summed E-state index contributed by atoms with van der Waals surface area (Å²) >= 11 is 0. The van der Waals surface area contributed by atoms with Crippen LogP contribution in [-0.2, 0) is 6.42 Å². The van der Waals surface area contributed by atoms with E-state index in [0.717, 1.165) is 18.2 Å². The minimum atomic E-state index is 0.527. The molecule has 2 aromatic rings.